The van der Waals surface area contributed by atoms with Gasteiger partial charge in [0.25, 0.3) is 0 Å². The Morgan fingerprint density at radius 3 is 2.62 bits per heavy atom. The minimum Gasteiger partial charge on any atom is -0.493 e. The van der Waals surface area contributed by atoms with E-state index in [1.54, 1.807) is 14.2 Å². The van der Waals surface area contributed by atoms with Crippen LogP contribution in [-0.2, 0) is 6.54 Å². The number of ether oxygens (including phenoxy) is 2. The number of rotatable bonds is 5. The molecular weight excluding hydrogens is 386 g/mol. The second kappa shape index (κ2) is 8.55. The molecule has 2 fully saturated rings. The molecule has 0 unspecified atom stereocenters. The highest BCUT2D eigenvalue weighted by Crippen LogP contribution is 2.50. The summed E-state index contributed by atoms with van der Waals surface area (Å²) in [4.78, 5) is 2.48. The van der Waals surface area contributed by atoms with Crippen molar-refractivity contribution in [3.05, 3.63) is 58.6 Å². The number of aliphatic hydroxyl groups is 1. The lowest BCUT2D eigenvalue weighted by molar-refractivity contribution is -0.126. The second-order valence-electron chi connectivity index (χ2n) is 8.33. The molecule has 0 spiro atoms. The molecule has 2 aliphatic rings. The van der Waals surface area contributed by atoms with Crippen LogP contribution in [0, 0.1) is 5.92 Å². The zero-order valence-electron chi connectivity index (χ0n) is 17.2. The summed E-state index contributed by atoms with van der Waals surface area (Å²) in [6.45, 7) is 1.61. The number of likely N-dealkylation sites (tertiary alicyclic amines) is 1. The summed E-state index contributed by atoms with van der Waals surface area (Å²) >= 11 is 6.48. The standard InChI is InChI=1S/C24H30ClNO3/c1-28-21-11-10-17(15-22(21)29-2)23-19-8-5-6-12-24(19,27)13-14-26(23)16-18-7-3-4-9-20(18)25/h3-4,7,9-11,15,19,23,27H,5-6,8,12-14,16H2,1-2H3/t19-,23-,24-/m0/s1. The summed E-state index contributed by atoms with van der Waals surface area (Å²) in [5.74, 6) is 1.65. The molecule has 2 aromatic rings. The van der Waals surface area contributed by atoms with E-state index in [0.717, 1.165) is 67.3 Å². The van der Waals surface area contributed by atoms with Gasteiger partial charge in [-0.05, 0) is 48.6 Å². The smallest absolute Gasteiger partial charge is 0.161 e. The molecule has 0 amide bonds. The van der Waals surface area contributed by atoms with E-state index in [9.17, 15) is 5.11 Å². The molecule has 1 N–H and O–H groups in total. The van der Waals surface area contributed by atoms with Gasteiger partial charge in [-0.25, -0.2) is 0 Å². The third-order valence-electron chi connectivity index (χ3n) is 6.75. The van der Waals surface area contributed by atoms with Gasteiger partial charge >= 0.3 is 0 Å². The minimum absolute atomic E-state index is 0.116. The summed E-state index contributed by atoms with van der Waals surface area (Å²) in [5.41, 5.74) is 1.70. The van der Waals surface area contributed by atoms with E-state index >= 15 is 0 Å². The monoisotopic (exact) mass is 415 g/mol. The Balaban J connectivity index is 1.73. The average Bonchev–Trinajstić information content (AvgIpc) is 2.74. The number of hydrogen-bond donors (Lipinski definition) is 1. The third kappa shape index (κ3) is 3.98. The van der Waals surface area contributed by atoms with Gasteiger partial charge in [-0.15, -0.1) is 0 Å². The van der Waals surface area contributed by atoms with Gasteiger partial charge in [0.15, 0.2) is 11.5 Å². The molecule has 1 heterocycles. The molecule has 1 saturated heterocycles. The molecule has 1 aliphatic carbocycles. The van der Waals surface area contributed by atoms with Gasteiger partial charge < -0.3 is 14.6 Å². The van der Waals surface area contributed by atoms with E-state index in [4.69, 9.17) is 21.1 Å². The normalized spacial score (nSPS) is 27.3. The van der Waals surface area contributed by atoms with Crippen molar-refractivity contribution in [2.75, 3.05) is 20.8 Å². The number of piperidine rings is 1. The maximum Gasteiger partial charge on any atom is 0.161 e. The topological polar surface area (TPSA) is 41.9 Å². The van der Waals surface area contributed by atoms with E-state index < -0.39 is 5.60 Å². The summed E-state index contributed by atoms with van der Waals surface area (Å²) in [5, 5.41) is 12.3. The highest BCUT2D eigenvalue weighted by molar-refractivity contribution is 6.31. The number of fused-ring (bicyclic) bond motifs is 1. The first kappa shape index (κ1) is 20.5. The van der Waals surface area contributed by atoms with Crippen LogP contribution in [0.5, 0.6) is 11.5 Å². The van der Waals surface area contributed by atoms with Crippen LogP contribution in [0.25, 0.3) is 0 Å². The van der Waals surface area contributed by atoms with Crippen LogP contribution in [-0.4, -0.2) is 36.4 Å². The molecule has 0 aromatic heterocycles. The maximum atomic E-state index is 11.5. The largest absolute Gasteiger partial charge is 0.493 e. The zero-order chi connectivity index (χ0) is 20.4. The van der Waals surface area contributed by atoms with Crippen molar-refractivity contribution in [3.63, 3.8) is 0 Å². The molecule has 0 bridgehead atoms. The van der Waals surface area contributed by atoms with E-state index in [-0.39, 0.29) is 12.0 Å². The molecule has 1 saturated carbocycles. The highest BCUT2D eigenvalue weighted by atomic mass is 35.5. The van der Waals surface area contributed by atoms with E-state index in [2.05, 4.69) is 23.1 Å². The fourth-order valence-electron chi connectivity index (χ4n) is 5.25. The fourth-order valence-corrected chi connectivity index (χ4v) is 5.44. The van der Waals surface area contributed by atoms with Gasteiger partial charge in [-0.1, -0.05) is 48.7 Å². The van der Waals surface area contributed by atoms with Gasteiger partial charge in [0.2, 0.25) is 0 Å². The minimum atomic E-state index is -0.590. The van der Waals surface area contributed by atoms with Crippen LogP contribution in [0.4, 0.5) is 0 Å². The summed E-state index contributed by atoms with van der Waals surface area (Å²) in [6, 6.07) is 14.3. The first-order chi connectivity index (χ1) is 14.1. The number of nitrogens with zero attached hydrogens (tertiary/aromatic N) is 1. The van der Waals surface area contributed by atoms with Crippen LogP contribution < -0.4 is 9.47 Å². The van der Waals surface area contributed by atoms with Crippen molar-refractivity contribution in [2.24, 2.45) is 5.92 Å². The summed E-state index contributed by atoms with van der Waals surface area (Å²) < 4.78 is 11.0. The molecule has 3 atom stereocenters. The quantitative estimate of drug-likeness (QED) is 0.726. The molecule has 2 aromatic carbocycles. The molecule has 4 rings (SSSR count). The van der Waals surface area contributed by atoms with Crippen LogP contribution in [0.15, 0.2) is 42.5 Å². The summed E-state index contributed by atoms with van der Waals surface area (Å²) in [7, 11) is 3.32. The molecule has 29 heavy (non-hydrogen) atoms. The SMILES string of the molecule is COc1ccc([C@H]2[C@@H]3CCCC[C@]3(O)CCN2Cc2ccccc2Cl)cc1OC. The van der Waals surface area contributed by atoms with Crippen LogP contribution in [0.2, 0.25) is 5.02 Å². The highest BCUT2D eigenvalue weighted by Gasteiger charge is 2.49. The van der Waals surface area contributed by atoms with E-state index in [1.165, 1.54) is 5.56 Å². The number of methoxy groups -OCH3 is 2. The Hall–Kier alpha value is -1.75. The number of benzene rings is 2. The van der Waals surface area contributed by atoms with Gasteiger partial charge in [-0.2, -0.15) is 0 Å². The Labute approximate surface area is 178 Å². The van der Waals surface area contributed by atoms with Crippen LogP contribution >= 0.6 is 11.6 Å². The van der Waals surface area contributed by atoms with Crippen molar-refractivity contribution >= 4 is 11.6 Å². The number of hydrogen-bond acceptors (Lipinski definition) is 4. The lowest BCUT2D eigenvalue weighted by Crippen LogP contribution is -2.54. The average molecular weight is 416 g/mol. The molecule has 4 nitrogen and oxygen atoms in total. The first-order valence-electron chi connectivity index (χ1n) is 10.5. The predicted octanol–water partition coefficient (Wildman–Crippen LogP) is 5.23. The fraction of sp³-hybridized carbons (Fsp3) is 0.500. The Morgan fingerprint density at radius 2 is 1.86 bits per heavy atom. The van der Waals surface area contributed by atoms with Gasteiger partial charge in [-0.3, -0.25) is 4.90 Å². The zero-order valence-corrected chi connectivity index (χ0v) is 18.0. The van der Waals surface area contributed by atoms with Gasteiger partial charge in [0, 0.05) is 30.1 Å². The van der Waals surface area contributed by atoms with Gasteiger partial charge in [0.05, 0.1) is 19.8 Å². The molecular formula is C24H30ClNO3. The van der Waals surface area contributed by atoms with Crippen molar-refractivity contribution in [2.45, 2.75) is 50.3 Å². The van der Waals surface area contributed by atoms with Crippen LogP contribution in [0.3, 0.4) is 0 Å². The Kier molecular flexibility index (Phi) is 6.05. The lowest BCUT2D eigenvalue weighted by atomic mass is 9.66. The first-order valence-corrected chi connectivity index (χ1v) is 10.9. The van der Waals surface area contributed by atoms with Crippen molar-refractivity contribution < 1.29 is 14.6 Å². The maximum absolute atomic E-state index is 11.5. The van der Waals surface area contributed by atoms with E-state index in [0.29, 0.717) is 0 Å². The van der Waals surface area contributed by atoms with Crippen molar-refractivity contribution in [1.82, 2.24) is 4.90 Å². The third-order valence-corrected chi connectivity index (χ3v) is 7.12. The number of halogens is 1. The second-order valence-corrected chi connectivity index (χ2v) is 8.73. The molecule has 1 aliphatic heterocycles. The molecule has 5 heteroatoms. The van der Waals surface area contributed by atoms with Crippen molar-refractivity contribution in [3.8, 4) is 11.5 Å². The van der Waals surface area contributed by atoms with Gasteiger partial charge in [0.1, 0.15) is 0 Å². The Morgan fingerprint density at radius 1 is 1.07 bits per heavy atom. The predicted molar refractivity (Wildman–Crippen MR) is 116 cm³/mol. The Bertz CT molecular complexity index is 858. The van der Waals surface area contributed by atoms with Crippen LogP contribution in [0.1, 0.15) is 49.3 Å². The molecule has 0 radical (unpaired) electrons. The van der Waals surface area contributed by atoms with Crippen molar-refractivity contribution in [1.29, 1.82) is 0 Å². The lowest BCUT2D eigenvalue weighted by Gasteiger charge is -2.53. The summed E-state index contributed by atoms with van der Waals surface area (Å²) in [6.07, 6.45) is 5.01. The molecule has 156 valence electrons. The van der Waals surface area contributed by atoms with E-state index in [1.807, 2.05) is 24.3 Å².